The molecule has 0 unspecified atom stereocenters. The largest absolute Gasteiger partial charge is 0.380 e. The average molecular weight is 189 g/mol. The van der Waals surface area contributed by atoms with E-state index in [0.29, 0.717) is 0 Å². The third kappa shape index (κ3) is 3.65. The van der Waals surface area contributed by atoms with Crippen LogP contribution >= 0.6 is 0 Å². The molecule has 14 heavy (non-hydrogen) atoms. The number of nitrogens with one attached hydrogen (secondary N) is 1. The zero-order valence-corrected chi connectivity index (χ0v) is 9.46. The second-order valence-corrected chi connectivity index (χ2v) is 4.50. The number of hydrogen-bond acceptors (Lipinski definition) is 1. The molecule has 0 amide bonds. The summed E-state index contributed by atoms with van der Waals surface area (Å²) >= 11 is 0. The van der Waals surface area contributed by atoms with E-state index in [2.05, 4.69) is 62.5 Å². The average Bonchev–Trinajstić information content (AvgIpc) is 2.02. The first-order chi connectivity index (χ1) is 6.51. The molecule has 0 fully saturated rings. The Morgan fingerprint density at radius 1 is 1.21 bits per heavy atom. The lowest BCUT2D eigenvalue weighted by atomic mass is 10.1. The first kappa shape index (κ1) is 10.8. The maximum absolute atomic E-state index is 3.45. The predicted octanol–water partition coefficient (Wildman–Crippen LogP) is 3.93. The summed E-state index contributed by atoms with van der Waals surface area (Å²) in [6, 6.07) is 8.43. The molecule has 0 spiro atoms. The highest BCUT2D eigenvalue weighted by Crippen LogP contribution is 2.16. The maximum Gasteiger partial charge on any atom is 0.0350 e. The summed E-state index contributed by atoms with van der Waals surface area (Å²) in [5.74, 6) is 0. The van der Waals surface area contributed by atoms with Crippen molar-refractivity contribution in [3.05, 3.63) is 35.9 Å². The Labute approximate surface area is 86.8 Å². The zero-order valence-electron chi connectivity index (χ0n) is 9.46. The van der Waals surface area contributed by atoms with Crippen molar-refractivity contribution in [3.8, 4) is 0 Å². The van der Waals surface area contributed by atoms with Crippen LogP contribution in [0.1, 0.15) is 33.3 Å². The number of anilines is 1. The highest BCUT2D eigenvalue weighted by Gasteiger charge is 2.08. The van der Waals surface area contributed by atoms with Crippen LogP contribution in [0.25, 0.3) is 6.08 Å². The molecule has 0 radical (unpaired) electrons. The Bertz CT molecular complexity index is 318. The smallest absolute Gasteiger partial charge is 0.0350 e. The SMILES string of the molecule is CC=Cc1cccc(NC(C)(C)C)c1. The fourth-order valence-electron chi connectivity index (χ4n) is 1.35. The normalized spacial score (nSPS) is 12.0. The molecule has 0 aromatic heterocycles. The van der Waals surface area contributed by atoms with Gasteiger partial charge in [0.05, 0.1) is 0 Å². The Kier molecular flexibility index (Phi) is 3.34. The van der Waals surface area contributed by atoms with E-state index in [9.17, 15) is 0 Å². The van der Waals surface area contributed by atoms with Crippen LogP contribution in [-0.2, 0) is 0 Å². The van der Waals surface area contributed by atoms with Gasteiger partial charge in [0.2, 0.25) is 0 Å². The van der Waals surface area contributed by atoms with Crippen molar-refractivity contribution in [2.45, 2.75) is 33.2 Å². The molecule has 1 aromatic rings. The molecule has 0 saturated carbocycles. The molecule has 0 saturated heterocycles. The van der Waals surface area contributed by atoms with Crippen molar-refractivity contribution in [1.82, 2.24) is 0 Å². The van der Waals surface area contributed by atoms with E-state index in [1.54, 1.807) is 0 Å². The minimum atomic E-state index is 0.120. The Balaban J connectivity index is 2.84. The Morgan fingerprint density at radius 3 is 2.50 bits per heavy atom. The lowest BCUT2D eigenvalue weighted by molar-refractivity contribution is 0.634. The van der Waals surface area contributed by atoms with Crippen LogP contribution in [0, 0.1) is 0 Å². The summed E-state index contributed by atoms with van der Waals surface area (Å²) in [7, 11) is 0. The monoisotopic (exact) mass is 189 g/mol. The topological polar surface area (TPSA) is 12.0 Å². The van der Waals surface area contributed by atoms with E-state index in [0.717, 1.165) is 0 Å². The second kappa shape index (κ2) is 4.32. The van der Waals surface area contributed by atoms with Gasteiger partial charge in [-0.2, -0.15) is 0 Å². The van der Waals surface area contributed by atoms with Gasteiger partial charge in [0.25, 0.3) is 0 Å². The molecule has 1 nitrogen and oxygen atoms in total. The Hall–Kier alpha value is -1.24. The van der Waals surface area contributed by atoms with Gasteiger partial charge in [-0.3, -0.25) is 0 Å². The van der Waals surface area contributed by atoms with E-state index in [1.807, 2.05) is 6.92 Å². The van der Waals surface area contributed by atoms with E-state index < -0.39 is 0 Å². The van der Waals surface area contributed by atoms with Crippen LogP contribution in [0.3, 0.4) is 0 Å². The molecular formula is C13H19N. The molecule has 1 N–H and O–H groups in total. The summed E-state index contributed by atoms with van der Waals surface area (Å²) in [6.07, 6.45) is 4.16. The summed E-state index contributed by atoms with van der Waals surface area (Å²) in [6.45, 7) is 8.52. The summed E-state index contributed by atoms with van der Waals surface area (Å²) in [5, 5.41) is 3.45. The van der Waals surface area contributed by atoms with Crippen LogP contribution in [-0.4, -0.2) is 5.54 Å². The molecule has 0 aliphatic carbocycles. The first-order valence-electron chi connectivity index (χ1n) is 5.02. The van der Waals surface area contributed by atoms with E-state index in [-0.39, 0.29) is 5.54 Å². The van der Waals surface area contributed by atoms with Crippen molar-refractivity contribution in [3.63, 3.8) is 0 Å². The molecule has 0 heterocycles. The number of rotatable bonds is 2. The first-order valence-corrected chi connectivity index (χ1v) is 5.02. The van der Waals surface area contributed by atoms with Crippen molar-refractivity contribution in [2.24, 2.45) is 0 Å². The van der Waals surface area contributed by atoms with Crippen molar-refractivity contribution in [1.29, 1.82) is 0 Å². The maximum atomic E-state index is 3.45. The molecule has 1 heteroatoms. The second-order valence-electron chi connectivity index (χ2n) is 4.50. The van der Waals surface area contributed by atoms with Crippen molar-refractivity contribution >= 4 is 11.8 Å². The van der Waals surface area contributed by atoms with Crippen LogP contribution < -0.4 is 5.32 Å². The third-order valence-corrected chi connectivity index (χ3v) is 1.77. The third-order valence-electron chi connectivity index (χ3n) is 1.77. The van der Waals surface area contributed by atoms with E-state index >= 15 is 0 Å². The molecule has 0 aliphatic heterocycles. The molecule has 0 bridgehead atoms. The fraction of sp³-hybridized carbons (Fsp3) is 0.385. The van der Waals surface area contributed by atoms with Gasteiger partial charge in [0.15, 0.2) is 0 Å². The van der Waals surface area contributed by atoms with Crippen LogP contribution in [0.4, 0.5) is 5.69 Å². The Morgan fingerprint density at radius 2 is 1.93 bits per heavy atom. The quantitative estimate of drug-likeness (QED) is 0.743. The molecule has 0 atom stereocenters. The number of benzene rings is 1. The van der Waals surface area contributed by atoms with E-state index in [1.165, 1.54) is 11.3 Å². The van der Waals surface area contributed by atoms with Gasteiger partial charge >= 0.3 is 0 Å². The highest BCUT2D eigenvalue weighted by molar-refractivity contribution is 5.57. The van der Waals surface area contributed by atoms with Crippen molar-refractivity contribution < 1.29 is 0 Å². The lowest BCUT2D eigenvalue weighted by Crippen LogP contribution is -2.25. The van der Waals surface area contributed by atoms with E-state index in [4.69, 9.17) is 0 Å². The summed E-state index contributed by atoms with van der Waals surface area (Å²) in [4.78, 5) is 0. The van der Waals surface area contributed by atoms with Gasteiger partial charge in [-0.25, -0.2) is 0 Å². The summed E-state index contributed by atoms with van der Waals surface area (Å²) in [5.41, 5.74) is 2.53. The standard InChI is InChI=1S/C13H19N/c1-5-7-11-8-6-9-12(10-11)14-13(2,3)4/h5-10,14H,1-4H3. The van der Waals surface area contributed by atoms with Gasteiger partial charge in [0.1, 0.15) is 0 Å². The molecule has 1 rings (SSSR count). The van der Waals surface area contributed by atoms with Crippen LogP contribution in [0.2, 0.25) is 0 Å². The minimum absolute atomic E-state index is 0.120. The van der Waals surface area contributed by atoms with Gasteiger partial charge < -0.3 is 5.32 Å². The number of allylic oxidation sites excluding steroid dienone is 1. The van der Waals surface area contributed by atoms with Crippen LogP contribution in [0.15, 0.2) is 30.3 Å². The lowest BCUT2D eigenvalue weighted by Gasteiger charge is -2.22. The highest BCUT2D eigenvalue weighted by atomic mass is 14.9. The van der Waals surface area contributed by atoms with Gasteiger partial charge in [-0.15, -0.1) is 0 Å². The van der Waals surface area contributed by atoms with Crippen molar-refractivity contribution in [2.75, 3.05) is 5.32 Å². The molecule has 0 aliphatic rings. The van der Waals surface area contributed by atoms with Crippen LogP contribution in [0.5, 0.6) is 0 Å². The molecular weight excluding hydrogens is 170 g/mol. The minimum Gasteiger partial charge on any atom is -0.380 e. The number of hydrogen-bond donors (Lipinski definition) is 1. The summed E-state index contributed by atoms with van der Waals surface area (Å²) < 4.78 is 0. The van der Waals surface area contributed by atoms with Gasteiger partial charge in [-0.05, 0) is 45.4 Å². The van der Waals surface area contributed by atoms with Gasteiger partial charge in [0, 0.05) is 11.2 Å². The predicted molar refractivity (Wildman–Crippen MR) is 64.5 cm³/mol. The zero-order chi connectivity index (χ0) is 10.6. The molecule has 76 valence electrons. The fourth-order valence-corrected chi connectivity index (χ4v) is 1.35. The molecule has 1 aromatic carbocycles. The van der Waals surface area contributed by atoms with Gasteiger partial charge in [-0.1, -0.05) is 24.3 Å².